The first-order valence-corrected chi connectivity index (χ1v) is 13.8. The Morgan fingerprint density at radius 3 is 1.02 bits per heavy atom. The molecule has 0 aliphatic carbocycles. The Balaban J connectivity index is 0.000000196. The molecule has 0 heterocycles. The van der Waals surface area contributed by atoms with Gasteiger partial charge >= 0.3 is 0 Å². The van der Waals surface area contributed by atoms with Crippen molar-refractivity contribution >= 4 is 5.78 Å². The molecule has 5 heteroatoms. The number of rotatable bonds is 9. The number of carbonyl (C=O) groups excluding carboxylic acids is 1. The maximum absolute atomic E-state index is 11.9. The fourth-order valence-corrected chi connectivity index (χ4v) is 4.08. The summed E-state index contributed by atoms with van der Waals surface area (Å²) in [6.45, 7) is 0. The molecule has 6 aromatic rings. The first-order valence-electron chi connectivity index (χ1n) is 13.8. The van der Waals surface area contributed by atoms with Crippen molar-refractivity contribution in [2.75, 3.05) is 0 Å². The van der Waals surface area contributed by atoms with Gasteiger partial charge in [0.1, 0.15) is 40.6 Å². The summed E-state index contributed by atoms with van der Waals surface area (Å²) in [5.41, 5.74) is 1.15. The lowest BCUT2D eigenvalue weighted by atomic mass is 10.0. The van der Waals surface area contributed by atoms with E-state index in [0.29, 0.717) is 11.1 Å². The van der Waals surface area contributed by atoms with Crippen molar-refractivity contribution in [3.63, 3.8) is 0 Å². The van der Waals surface area contributed by atoms with Crippen LogP contribution in [0.3, 0.4) is 0 Å². The molecule has 43 heavy (non-hydrogen) atoms. The number of ether oxygens (including phenoxy) is 3. The van der Waals surface area contributed by atoms with Crippen LogP contribution in [0, 0.1) is 0 Å². The molecule has 0 fully saturated rings. The molecule has 0 saturated carbocycles. The van der Waals surface area contributed by atoms with Gasteiger partial charge in [-0.1, -0.05) is 97.1 Å². The molecule has 1 unspecified atom stereocenters. The Morgan fingerprint density at radius 1 is 0.395 bits per heavy atom. The quantitative estimate of drug-likeness (QED) is 0.177. The van der Waals surface area contributed by atoms with Crippen LogP contribution in [0.5, 0.6) is 34.5 Å². The lowest BCUT2D eigenvalue weighted by Gasteiger charge is -2.09. The standard InChI is InChI=1S/C24H18O3.C14H12O2/c1-3-7-19(8-4-1)25-21-11-15-23(16-12-21)27-24-17-13-22(14-18-24)26-20-9-5-2-6-10-20;15-13(11-7-3-1-4-8-11)14(16)12-9-5-2-6-10-12/h1-18H;1-10,13,15H. The Hall–Kier alpha value is -5.65. The predicted octanol–water partition coefficient (Wildman–Crippen LogP) is 9.67. The Bertz CT molecular complexity index is 1590. The molecule has 5 nitrogen and oxygen atoms in total. The maximum atomic E-state index is 11.9. The van der Waals surface area contributed by atoms with Gasteiger partial charge in [0.25, 0.3) is 0 Å². The zero-order chi connectivity index (χ0) is 29.7. The Labute approximate surface area is 251 Å². The molecule has 6 aromatic carbocycles. The van der Waals surface area contributed by atoms with Gasteiger partial charge in [0, 0.05) is 5.56 Å². The van der Waals surface area contributed by atoms with Crippen LogP contribution in [0.15, 0.2) is 170 Å². The zero-order valence-corrected chi connectivity index (χ0v) is 23.3. The minimum atomic E-state index is -1.08. The fraction of sp³-hybridized carbons (Fsp3) is 0.0263. The second kappa shape index (κ2) is 14.8. The van der Waals surface area contributed by atoms with Gasteiger partial charge in [-0.2, -0.15) is 0 Å². The smallest absolute Gasteiger partial charge is 0.195 e. The van der Waals surface area contributed by atoms with Gasteiger partial charge in [0.15, 0.2) is 5.78 Å². The van der Waals surface area contributed by atoms with E-state index in [1.54, 1.807) is 48.5 Å². The summed E-state index contributed by atoms with van der Waals surface area (Å²) in [7, 11) is 0. The molecular formula is C38H30O5. The molecule has 0 radical (unpaired) electrons. The van der Waals surface area contributed by atoms with Crippen LogP contribution in [-0.4, -0.2) is 10.9 Å². The molecule has 0 aromatic heterocycles. The van der Waals surface area contributed by atoms with E-state index in [0.717, 1.165) is 34.5 Å². The zero-order valence-electron chi connectivity index (χ0n) is 23.3. The molecular weight excluding hydrogens is 536 g/mol. The molecule has 0 spiro atoms. The lowest BCUT2D eigenvalue weighted by molar-refractivity contribution is 0.0747. The summed E-state index contributed by atoms with van der Waals surface area (Å²) in [5, 5.41) is 9.89. The molecule has 0 aliphatic heterocycles. The predicted molar refractivity (Wildman–Crippen MR) is 168 cm³/mol. The molecule has 0 saturated heterocycles. The number of benzene rings is 6. The van der Waals surface area contributed by atoms with Crippen LogP contribution in [0.1, 0.15) is 22.0 Å². The molecule has 1 N–H and O–H groups in total. The van der Waals surface area contributed by atoms with Crippen molar-refractivity contribution in [3.05, 3.63) is 181 Å². The molecule has 0 amide bonds. The number of ketones is 1. The summed E-state index contributed by atoms with van der Waals surface area (Å²) in [6.07, 6.45) is -1.08. The van der Waals surface area contributed by atoms with Crippen LogP contribution in [-0.2, 0) is 0 Å². The van der Waals surface area contributed by atoms with Crippen LogP contribution in [0.2, 0.25) is 0 Å². The molecule has 212 valence electrons. The summed E-state index contributed by atoms with van der Waals surface area (Å²) >= 11 is 0. The van der Waals surface area contributed by atoms with E-state index in [9.17, 15) is 9.90 Å². The number of aliphatic hydroxyl groups is 1. The van der Waals surface area contributed by atoms with Gasteiger partial charge < -0.3 is 19.3 Å². The van der Waals surface area contributed by atoms with Crippen LogP contribution >= 0.6 is 0 Å². The number of carbonyl (C=O) groups is 1. The van der Waals surface area contributed by atoms with Crippen molar-refractivity contribution in [1.29, 1.82) is 0 Å². The average molecular weight is 567 g/mol. The Morgan fingerprint density at radius 2 is 0.674 bits per heavy atom. The fourth-order valence-electron chi connectivity index (χ4n) is 4.08. The van der Waals surface area contributed by atoms with E-state index in [4.69, 9.17) is 14.2 Å². The second-order valence-corrected chi connectivity index (χ2v) is 9.42. The maximum Gasteiger partial charge on any atom is 0.195 e. The van der Waals surface area contributed by atoms with Crippen LogP contribution in [0.4, 0.5) is 0 Å². The van der Waals surface area contributed by atoms with E-state index in [-0.39, 0.29) is 5.78 Å². The van der Waals surface area contributed by atoms with Crippen molar-refractivity contribution in [1.82, 2.24) is 0 Å². The third-order valence-electron chi connectivity index (χ3n) is 6.26. The summed E-state index contributed by atoms with van der Waals surface area (Å²) in [5.74, 6) is 4.35. The number of hydrogen-bond acceptors (Lipinski definition) is 5. The highest BCUT2D eigenvalue weighted by atomic mass is 16.5. The van der Waals surface area contributed by atoms with E-state index < -0.39 is 6.10 Å². The van der Waals surface area contributed by atoms with Gasteiger partial charge in [-0.15, -0.1) is 0 Å². The van der Waals surface area contributed by atoms with Gasteiger partial charge in [0.05, 0.1) is 0 Å². The van der Waals surface area contributed by atoms with Crippen molar-refractivity contribution < 1.29 is 24.1 Å². The lowest BCUT2D eigenvalue weighted by Crippen LogP contribution is -2.11. The van der Waals surface area contributed by atoms with E-state index in [2.05, 4.69) is 0 Å². The number of para-hydroxylation sites is 2. The third-order valence-corrected chi connectivity index (χ3v) is 6.26. The first-order chi connectivity index (χ1) is 21.1. The van der Waals surface area contributed by atoms with Crippen LogP contribution in [0.25, 0.3) is 0 Å². The van der Waals surface area contributed by atoms with Gasteiger partial charge in [-0.05, 0) is 78.4 Å². The largest absolute Gasteiger partial charge is 0.457 e. The summed E-state index contributed by atoms with van der Waals surface area (Å²) < 4.78 is 17.4. The van der Waals surface area contributed by atoms with Crippen molar-refractivity contribution in [2.24, 2.45) is 0 Å². The SMILES string of the molecule is O=C(c1ccccc1)C(O)c1ccccc1.c1ccc(Oc2ccc(Oc3ccc(Oc4ccccc4)cc3)cc2)cc1. The summed E-state index contributed by atoms with van der Waals surface area (Å²) in [6, 6.07) is 52.2. The normalized spacial score (nSPS) is 10.9. The molecule has 0 aliphatic rings. The third kappa shape index (κ3) is 8.67. The van der Waals surface area contributed by atoms with Gasteiger partial charge in [-0.3, -0.25) is 4.79 Å². The number of Topliss-reactive ketones (excluding diaryl/α,β-unsaturated/α-hetero) is 1. The molecule has 6 rings (SSSR count). The van der Waals surface area contributed by atoms with E-state index in [1.807, 2.05) is 121 Å². The van der Waals surface area contributed by atoms with Crippen LogP contribution < -0.4 is 14.2 Å². The van der Waals surface area contributed by atoms with Crippen molar-refractivity contribution in [3.8, 4) is 34.5 Å². The number of hydrogen-bond donors (Lipinski definition) is 1. The summed E-state index contributed by atoms with van der Waals surface area (Å²) in [4.78, 5) is 11.9. The highest BCUT2D eigenvalue weighted by Crippen LogP contribution is 2.29. The topological polar surface area (TPSA) is 65.0 Å². The second-order valence-electron chi connectivity index (χ2n) is 9.42. The first kappa shape index (κ1) is 28.9. The molecule has 1 atom stereocenters. The highest BCUT2D eigenvalue weighted by molar-refractivity contribution is 5.99. The van der Waals surface area contributed by atoms with Gasteiger partial charge in [0.2, 0.25) is 0 Å². The minimum Gasteiger partial charge on any atom is -0.457 e. The Kier molecular flexibility index (Phi) is 9.95. The molecule has 0 bridgehead atoms. The van der Waals surface area contributed by atoms with E-state index >= 15 is 0 Å². The van der Waals surface area contributed by atoms with E-state index in [1.165, 1.54) is 0 Å². The van der Waals surface area contributed by atoms with Crippen molar-refractivity contribution in [2.45, 2.75) is 6.10 Å². The minimum absolute atomic E-state index is 0.271. The average Bonchev–Trinajstić information content (AvgIpc) is 3.08. The van der Waals surface area contributed by atoms with Gasteiger partial charge in [-0.25, -0.2) is 0 Å². The number of aliphatic hydroxyl groups excluding tert-OH is 1. The highest BCUT2D eigenvalue weighted by Gasteiger charge is 2.18. The monoisotopic (exact) mass is 566 g/mol.